The highest BCUT2D eigenvalue weighted by atomic mass is 16.7. The van der Waals surface area contributed by atoms with Crippen LogP contribution in [0.3, 0.4) is 0 Å². The van der Waals surface area contributed by atoms with E-state index in [4.69, 9.17) is 9.31 Å². The van der Waals surface area contributed by atoms with Crippen LogP contribution in [0.2, 0.25) is 0 Å². The third-order valence-corrected chi connectivity index (χ3v) is 6.47. The van der Waals surface area contributed by atoms with Gasteiger partial charge in [-0.15, -0.1) is 0 Å². The first-order valence-corrected chi connectivity index (χ1v) is 11.6. The molecular weight excluding hydrogens is 387 g/mol. The Hall–Kier alpha value is -2.57. The van der Waals surface area contributed by atoms with E-state index in [0.29, 0.717) is 12.1 Å². The second-order valence-electron chi connectivity index (χ2n) is 9.89. The third kappa shape index (κ3) is 3.38. The molecule has 3 heterocycles. The van der Waals surface area contributed by atoms with Gasteiger partial charge in [0.15, 0.2) is 0 Å². The quantitative estimate of drug-likeness (QED) is 0.509. The lowest BCUT2D eigenvalue weighted by Crippen LogP contribution is -2.72. The van der Waals surface area contributed by atoms with Gasteiger partial charge in [-0.1, -0.05) is 12.1 Å². The molecule has 0 saturated heterocycles. The van der Waals surface area contributed by atoms with Gasteiger partial charge in [-0.3, -0.25) is 0 Å². The summed E-state index contributed by atoms with van der Waals surface area (Å²) in [4.78, 5) is 4.68. The molecule has 4 rings (SSSR count). The molecule has 2 aliphatic heterocycles. The maximum absolute atomic E-state index is 6.84. The summed E-state index contributed by atoms with van der Waals surface area (Å²) < 4.78 is 18.4. The molecule has 31 heavy (non-hydrogen) atoms. The molecule has 168 valence electrons. The number of hydrogen-bond acceptors (Lipinski definition) is 4. The molecule has 1 aromatic carbocycles. The Kier molecular flexibility index (Phi) is 5.48. The molecule has 1 atom stereocenters. The number of nitrogens with zero attached hydrogens (tertiary/aromatic N) is 4. The van der Waals surface area contributed by atoms with Gasteiger partial charge in [0.25, 0.3) is 5.82 Å². The molecule has 1 aromatic heterocycles. The Labute approximate surface area is 187 Å². The standard InChI is InChI=1S/C24H37BN4O2/c1-17(2)26-15-16-29(20(7)8)25(30-21-11-9-10-12-22(21)31-25)23(26)24-27(18(3)4)13-14-28(24)19(5)6/h9-20,23H,1-8H3/t23-/m0/s1. The average molecular weight is 424 g/mol. The molecule has 0 N–H and O–H groups in total. The number of fused-ring (bicyclic) bond motifs is 1. The van der Waals surface area contributed by atoms with E-state index in [2.05, 4.69) is 99.0 Å². The molecule has 0 bridgehead atoms. The highest BCUT2D eigenvalue weighted by Crippen LogP contribution is 2.48. The van der Waals surface area contributed by atoms with Crippen LogP contribution in [0.15, 0.2) is 49.1 Å². The smallest absolute Gasteiger partial charge is 0.489 e. The minimum Gasteiger partial charge on any atom is -0.661 e. The fourth-order valence-corrected chi connectivity index (χ4v) is 5.04. The average Bonchev–Trinajstić information content (AvgIpc) is 3.29. The molecule has 6 nitrogen and oxygen atoms in total. The number of imidazole rings is 1. The van der Waals surface area contributed by atoms with Gasteiger partial charge in [-0.2, -0.15) is 0 Å². The highest BCUT2D eigenvalue weighted by molar-refractivity contribution is 6.69. The Morgan fingerprint density at radius 2 is 1.45 bits per heavy atom. The SMILES string of the molecule is CC(C)N1C=CN(C(C)C)[B-]2(Oc3ccccc3O2)[C@@H]1c1n(C(C)C)cc[n+]1C(C)C. The van der Waals surface area contributed by atoms with E-state index in [1.165, 1.54) is 5.82 Å². The maximum Gasteiger partial charge on any atom is 0.489 e. The van der Waals surface area contributed by atoms with Crippen LogP contribution >= 0.6 is 0 Å². The lowest BCUT2D eigenvalue weighted by atomic mass is 9.57. The van der Waals surface area contributed by atoms with Gasteiger partial charge in [0, 0.05) is 12.2 Å². The van der Waals surface area contributed by atoms with Gasteiger partial charge in [-0.25, -0.2) is 9.13 Å². The van der Waals surface area contributed by atoms with Gasteiger partial charge in [0.1, 0.15) is 29.8 Å². The zero-order valence-corrected chi connectivity index (χ0v) is 20.2. The van der Waals surface area contributed by atoms with Crippen molar-refractivity contribution in [2.75, 3.05) is 0 Å². The van der Waals surface area contributed by atoms with Crippen molar-refractivity contribution in [1.29, 1.82) is 0 Å². The van der Waals surface area contributed by atoms with Gasteiger partial charge in [0.2, 0.25) is 0 Å². The van der Waals surface area contributed by atoms with Gasteiger partial charge in [0.05, 0.1) is 12.1 Å². The molecule has 2 aliphatic rings. The van der Waals surface area contributed by atoms with Crippen molar-refractivity contribution in [3.63, 3.8) is 0 Å². The van der Waals surface area contributed by atoms with Crippen LogP contribution in [0, 0.1) is 0 Å². The van der Waals surface area contributed by atoms with Crippen molar-refractivity contribution < 1.29 is 13.9 Å². The van der Waals surface area contributed by atoms with E-state index in [-0.39, 0.29) is 18.0 Å². The first-order valence-electron chi connectivity index (χ1n) is 11.6. The van der Waals surface area contributed by atoms with E-state index < -0.39 is 6.69 Å². The van der Waals surface area contributed by atoms with E-state index in [0.717, 1.165) is 11.5 Å². The Bertz CT molecular complexity index is 916. The molecule has 0 aliphatic carbocycles. The number of hydrogen-bond donors (Lipinski definition) is 0. The highest BCUT2D eigenvalue weighted by Gasteiger charge is 2.59. The lowest BCUT2D eigenvalue weighted by molar-refractivity contribution is -0.724. The fraction of sp³-hybridized carbons (Fsp3) is 0.542. The van der Waals surface area contributed by atoms with E-state index in [9.17, 15) is 0 Å². The summed E-state index contributed by atoms with van der Waals surface area (Å²) in [6, 6.07) is 9.18. The number of rotatable bonds is 5. The van der Waals surface area contributed by atoms with Gasteiger partial charge in [-0.05, 0) is 79.8 Å². The minimum absolute atomic E-state index is 0.111. The first-order chi connectivity index (χ1) is 14.7. The molecule has 0 fully saturated rings. The normalized spacial score (nSPS) is 19.7. The van der Waals surface area contributed by atoms with E-state index in [1.807, 2.05) is 24.3 Å². The van der Waals surface area contributed by atoms with Crippen LogP contribution in [-0.2, 0) is 0 Å². The van der Waals surface area contributed by atoms with Crippen LogP contribution < -0.4 is 13.9 Å². The zero-order chi connectivity index (χ0) is 22.5. The molecule has 0 radical (unpaired) electrons. The van der Waals surface area contributed by atoms with Crippen molar-refractivity contribution in [2.45, 2.75) is 85.5 Å². The molecule has 1 spiro atoms. The zero-order valence-electron chi connectivity index (χ0n) is 20.2. The van der Waals surface area contributed by atoms with Gasteiger partial charge >= 0.3 is 6.69 Å². The topological polar surface area (TPSA) is 33.8 Å². The van der Waals surface area contributed by atoms with E-state index >= 15 is 0 Å². The van der Waals surface area contributed by atoms with Gasteiger partial charge < -0.3 is 19.0 Å². The van der Waals surface area contributed by atoms with Crippen molar-refractivity contribution >= 4 is 6.69 Å². The monoisotopic (exact) mass is 424 g/mol. The van der Waals surface area contributed by atoms with Crippen molar-refractivity contribution in [1.82, 2.24) is 14.3 Å². The second kappa shape index (κ2) is 7.84. The minimum atomic E-state index is -1.90. The molecule has 2 aromatic rings. The Morgan fingerprint density at radius 1 is 0.839 bits per heavy atom. The van der Waals surface area contributed by atoms with Crippen molar-refractivity contribution in [2.24, 2.45) is 0 Å². The Morgan fingerprint density at radius 3 is 1.94 bits per heavy atom. The van der Waals surface area contributed by atoms with Crippen LogP contribution in [0.4, 0.5) is 0 Å². The van der Waals surface area contributed by atoms with Crippen molar-refractivity contribution in [3.05, 3.63) is 54.9 Å². The summed E-state index contributed by atoms with van der Waals surface area (Å²) in [6.45, 7) is 15.9. The number of aromatic nitrogens is 2. The second-order valence-corrected chi connectivity index (χ2v) is 9.89. The number of benzene rings is 1. The summed E-state index contributed by atoms with van der Waals surface area (Å²) in [5.41, 5.74) is 0. The van der Waals surface area contributed by atoms with Crippen LogP contribution in [0.1, 0.15) is 79.2 Å². The maximum atomic E-state index is 6.84. The third-order valence-electron chi connectivity index (χ3n) is 6.47. The summed E-state index contributed by atoms with van der Waals surface area (Å²) in [6.07, 6.45) is 8.75. The predicted octanol–water partition coefficient (Wildman–Crippen LogP) is 4.83. The molecular formula is C24H37BN4O2. The fourth-order valence-electron chi connectivity index (χ4n) is 5.04. The van der Waals surface area contributed by atoms with Crippen molar-refractivity contribution in [3.8, 4) is 11.5 Å². The molecule has 0 saturated carbocycles. The van der Waals surface area contributed by atoms with Crippen LogP contribution in [0.5, 0.6) is 11.5 Å². The van der Waals surface area contributed by atoms with E-state index in [1.54, 1.807) is 0 Å². The molecule has 7 heteroatoms. The predicted molar refractivity (Wildman–Crippen MR) is 125 cm³/mol. The summed E-state index contributed by atoms with van der Waals surface area (Å²) in [7, 11) is 0. The molecule has 0 unspecified atom stereocenters. The van der Waals surface area contributed by atoms with Crippen LogP contribution in [0.25, 0.3) is 0 Å². The summed E-state index contributed by atoms with van der Waals surface area (Å²) >= 11 is 0. The van der Waals surface area contributed by atoms with Crippen LogP contribution in [-0.4, -0.2) is 33.0 Å². The number of para-hydroxylation sites is 2. The lowest BCUT2D eigenvalue weighted by Gasteiger charge is -2.57. The summed E-state index contributed by atoms with van der Waals surface area (Å²) in [5.74, 6) is 2.73. The Balaban J connectivity index is 1.99. The summed E-state index contributed by atoms with van der Waals surface area (Å²) in [5, 5.41) is 0. The largest absolute Gasteiger partial charge is 0.661 e. The molecule has 0 amide bonds. The first kappa shape index (κ1) is 21.7.